The van der Waals surface area contributed by atoms with Crippen molar-refractivity contribution in [2.45, 2.75) is 84.6 Å². The van der Waals surface area contributed by atoms with Gasteiger partial charge >= 0.3 is 0 Å². The summed E-state index contributed by atoms with van der Waals surface area (Å²) >= 11 is 0. The van der Waals surface area contributed by atoms with Crippen LogP contribution >= 0.6 is 0 Å². The molecule has 1 amide bonds. The van der Waals surface area contributed by atoms with Crippen molar-refractivity contribution in [2.24, 2.45) is 5.92 Å². The number of aryl methyl sites for hydroxylation is 1. The third-order valence-corrected chi connectivity index (χ3v) is 6.20. The normalized spacial score (nSPS) is 16.2. The molecule has 0 bridgehead atoms. The second kappa shape index (κ2) is 13.8. The van der Waals surface area contributed by atoms with Gasteiger partial charge in [0.05, 0.1) is 6.04 Å². The van der Waals surface area contributed by atoms with Crippen LogP contribution in [0.2, 0.25) is 0 Å². The first kappa shape index (κ1) is 24.8. The number of nitrogens with one attached hydrogen (secondary N) is 1. The van der Waals surface area contributed by atoms with E-state index in [1.54, 1.807) is 6.07 Å². The molecule has 0 heterocycles. The Morgan fingerprint density at radius 3 is 2.61 bits per heavy atom. The molecule has 1 aromatic rings. The Labute approximate surface area is 188 Å². The summed E-state index contributed by atoms with van der Waals surface area (Å²) in [6.45, 7) is 6.03. The zero-order valence-corrected chi connectivity index (χ0v) is 19.5. The quantitative estimate of drug-likeness (QED) is 0.214. The summed E-state index contributed by atoms with van der Waals surface area (Å²) in [5.74, 6) is 0.791. The van der Waals surface area contributed by atoms with Crippen LogP contribution in [0, 0.1) is 12.8 Å². The number of hydrogen-bond acceptors (Lipinski definition) is 2. The Morgan fingerprint density at radius 1 is 1.23 bits per heavy atom. The van der Waals surface area contributed by atoms with Crippen LogP contribution in [0.15, 0.2) is 59.7 Å². The van der Waals surface area contributed by atoms with Gasteiger partial charge in [0.2, 0.25) is 0 Å². The Hall–Kier alpha value is -2.42. The van der Waals surface area contributed by atoms with Crippen LogP contribution in [-0.2, 0) is 4.79 Å². The molecule has 1 aliphatic rings. The summed E-state index contributed by atoms with van der Waals surface area (Å²) in [6.07, 6.45) is 20.2. The predicted molar refractivity (Wildman–Crippen MR) is 130 cm³/mol. The van der Waals surface area contributed by atoms with E-state index in [-0.39, 0.29) is 5.91 Å². The molecule has 3 nitrogen and oxygen atoms in total. The first-order valence-electron chi connectivity index (χ1n) is 11.9. The molecule has 0 aliphatic heterocycles. The van der Waals surface area contributed by atoms with Crippen molar-refractivity contribution in [1.29, 1.82) is 0 Å². The molecule has 1 unspecified atom stereocenters. The lowest BCUT2D eigenvalue weighted by atomic mass is 9.82. The van der Waals surface area contributed by atoms with E-state index in [4.69, 9.17) is 0 Å². The van der Waals surface area contributed by atoms with Gasteiger partial charge in [-0.25, -0.2) is 0 Å². The average Bonchev–Trinajstić information content (AvgIpc) is 2.73. The highest BCUT2D eigenvalue weighted by Crippen LogP contribution is 2.31. The maximum absolute atomic E-state index is 12.6. The third kappa shape index (κ3) is 8.32. The molecule has 0 spiro atoms. The first-order chi connectivity index (χ1) is 15.1. The minimum absolute atomic E-state index is 0.199. The van der Waals surface area contributed by atoms with Crippen molar-refractivity contribution in [3.63, 3.8) is 0 Å². The van der Waals surface area contributed by atoms with Gasteiger partial charge in [-0.1, -0.05) is 81.5 Å². The Balaban J connectivity index is 1.92. The summed E-state index contributed by atoms with van der Waals surface area (Å²) in [5, 5.41) is 2.90. The Morgan fingerprint density at radius 2 is 2.00 bits per heavy atom. The summed E-state index contributed by atoms with van der Waals surface area (Å²) in [5.41, 5.74) is 3.77. The lowest BCUT2D eigenvalue weighted by Crippen LogP contribution is -2.36. The van der Waals surface area contributed by atoms with Gasteiger partial charge in [-0.2, -0.15) is 0 Å². The van der Waals surface area contributed by atoms with Crippen LogP contribution in [-0.4, -0.2) is 18.2 Å². The van der Waals surface area contributed by atoms with Gasteiger partial charge in [-0.3, -0.25) is 4.79 Å². The van der Waals surface area contributed by atoms with E-state index in [1.807, 2.05) is 32.0 Å². The van der Waals surface area contributed by atoms with Gasteiger partial charge in [0, 0.05) is 5.56 Å². The van der Waals surface area contributed by atoms with Crippen LogP contribution in [0.3, 0.4) is 0 Å². The number of rotatable bonds is 13. The van der Waals surface area contributed by atoms with Gasteiger partial charge in [-0.15, -0.1) is 0 Å². The number of aldehydes is 1. The number of carbonyl (C=O) groups excluding carboxylic acids is 2. The van der Waals surface area contributed by atoms with Crippen LogP contribution in [0.4, 0.5) is 0 Å². The second-order valence-electron chi connectivity index (χ2n) is 8.60. The topological polar surface area (TPSA) is 46.2 Å². The zero-order chi connectivity index (χ0) is 22.5. The van der Waals surface area contributed by atoms with Crippen LogP contribution in [0.1, 0.15) is 87.6 Å². The zero-order valence-electron chi connectivity index (χ0n) is 19.5. The molecule has 1 N–H and O–H groups in total. The molecule has 31 heavy (non-hydrogen) atoms. The van der Waals surface area contributed by atoms with Crippen LogP contribution < -0.4 is 5.32 Å². The molecule has 0 radical (unpaired) electrons. The van der Waals surface area contributed by atoms with Crippen molar-refractivity contribution in [3.05, 3.63) is 70.8 Å². The molecule has 3 heteroatoms. The molecule has 168 valence electrons. The highest BCUT2D eigenvalue weighted by molar-refractivity contribution is 5.97. The second-order valence-corrected chi connectivity index (χ2v) is 8.60. The minimum Gasteiger partial charge on any atom is -0.342 e. The lowest BCUT2D eigenvalue weighted by Gasteiger charge is -2.24. The van der Waals surface area contributed by atoms with E-state index in [0.717, 1.165) is 41.8 Å². The standard InChI is InChI=1S/C28H39NO2/c1-4-13-25(24(5-2)18-9-7-6-8-15-23-16-12-17-23)20-26(21-30)29-28(31)27-19-11-10-14-22(27)3/h5,9-11,13-14,18-19,21,23,26H,4,6-8,12,15-17,20H2,1-3H3,(H,29,31)/b18-9+,24-5-,25-13-. The summed E-state index contributed by atoms with van der Waals surface area (Å²) in [7, 11) is 0. The minimum atomic E-state index is -0.546. The highest BCUT2D eigenvalue weighted by Gasteiger charge is 2.17. The molecule has 1 atom stereocenters. The molecule has 0 aromatic heterocycles. The van der Waals surface area contributed by atoms with E-state index in [9.17, 15) is 9.59 Å². The fraction of sp³-hybridized carbons (Fsp3) is 0.500. The molecule has 1 saturated carbocycles. The lowest BCUT2D eigenvalue weighted by molar-refractivity contribution is -0.109. The first-order valence-corrected chi connectivity index (χ1v) is 11.9. The van der Waals surface area contributed by atoms with E-state index in [1.165, 1.54) is 38.5 Å². The highest BCUT2D eigenvalue weighted by atomic mass is 16.2. The number of benzene rings is 1. The average molecular weight is 422 g/mol. The van der Waals surface area contributed by atoms with Crippen LogP contribution in [0.5, 0.6) is 0 Å². The Bertz CT molecular complexity index is 799. The maximum Gasteiger partial charge on any atom is 0.252 e. The molecule has 2 rings (SSSR count). The number of carbonyl (C=O) groups is 2. The fourth-order valence-electron chi connectivity index (χ4n) is 4.08. The van der Waals surface area contributed by atoms with Gasteiger partial charge in [-0.05, 0) is 68.2 Å². The van der Waals surface area contributed by atoms with Gasteiger partial charge in [0.25, 0.3) is 5.91 Å². The van der Waals surface area contributed by atoms with Gasteiger partial charge < -0.3 is 10.1 Å². The monoisotopic (exact) mass is 421 g/mol. The number of unbranched alkanes of at least 4 members (excludes halogenated alkanes) is 2. The van der Waals surface area contributed by atoms with E-state index >= 15 is 0 Å². The van der Waals surface area contributed by atoms with Crippen molar-refractivity contribution in [1.82, 2.24) is 5.32 Å². The van der Waals surface area contributed by atoms with Crippen molar-refractivity contribution in [2.75, 3.05) is 0 Å². The van der Waals surface area contributed by atoms with E-state index in [0.29, 0.717) is 12.0 Å². The smallest absolute Gasteiger partial charge is 0.252 e. The van der Waals surface area contributed by atoms with Crippen molar-refractivity contribution in [3.8, 4) is 0 Å². The number of hydrogen-bond donors (Lipinski definition) is 1. The van der Waals surface area contributed by atoms with Crippen molar-refractivity contribution >= 4 is 12.2 Å². The summed E-state index contributed by atoms with van der Waals surface area (Å²) < 4.78 is 0. The fourth-order valence-corrected chi connectivity index (χ4v) is 4.08. The molecular weight excluding hydrogens is 382 g/mol. The largest absolute Gasteiger partial charge is 0.342 e. The molecule has 1 fully saturated rings. The maximum atomic E-state index is 12.6. The molecule has 1 aromatic carbocycles. The SMILES string of the molecule is C/C=C(/C=C/CCCCC1CCC1)C(=C/CC)\CC(C=O)NC(=O)c1ccccc1C. The van der Waals surface area contributed by atoms with Crippen molar-refractivity contribution < 1.29 is 9.59 Å². The third-order valence-electron chi connectivity index (χ3n) is 6.20. The number of allylic oxidation sites excluding steroid dienone is 5. The van der Waals surface area contributed by atoms with Gasteiger partial charge in [0.1, 0.15) is 6.29 Å². The van der Waals surface area contributed by atoms with Crippen LogP contribution in [0.25, 0.3) is 0 Å². The van der Waals surface area contributed by atoms with E-state index < -0.39 is 6.04 Å². The summed E-state index contributed by atoms with van der Waals surface area (Å²) in [6, 6.07) is 6.90. The number of amides is 1. The predicted octanol–water partition coefficient (Wildman–Crippen LogP) is 6.88. The molecular formula is C28H39NO2. The van der Waals surface area contributed by atoms with E-state index in [2.05, 4.69) is 36.5 Å². The molecule has 0 saturated heterocycles. The Kier molecular flexibility index (Phi) is 11.1. The molecule has 1 aliphatic carbocycles. The summed E-state index contributed by atoms with van der Waals surface area (Å²) in [4.78, 5) is 24.4. The van der Waals surface area contributed by atoms with Gasteiger partial charge in [0.15, 0.2) is 0 Å².